The summed E-state index contributed by atoms with van der Waals surface area (Å²) in [5.74, 6) is 2.48. The molecule has 2 rings (SSSR count). The van der Waals surface area contributed by atoms with Crippen LogP contribution >= 0.6 is 24.0 Å². The first-order chi connectivity index (χ1) is 13.1. The fourth-order valence-corrected chi connectivity index (χ4v) is 2.56. The van der Waals surface area contributed by atoms with Crippen LogP contribution in [0.1, 0.15) is 11.1 Å². The number of aliphatic imine (C=N–C) groups is 1. The van der Waals surface area contributed by atoms with Crippen molar-refractivity contribution in [3.8, 4) is 11.5 Å². The molecule has 154 valence electrons. The average Bonchev–Trinajstić information content (AvgIpc) is 2.69. The number of benzene rings is 2. The van der Waals surface area contributed by atoms with Gasteiger partial charge >= 0.3 is 0 Å². The van der Waals surface area contributed by atoms with Gasteiger partial charge in [0.25, 0.3) is 0 Å². The van der Waals surface area contributed by atoms with Crippen molar-refractivity contribution >= 4 is 29.9 Å². The van der Waals surface area contributed by atoms with Crippen LogP contribution in [0.25, 0.3) is 0 Å². The minimum Gasteiger partial charge on any atom is -0.496 e. The fourth-order valence-electron chi connectivity index (χ4n) is 2.56. The van der Waals surface area contributed by atoms with Crippen molar-refractivity contribution in [1.82, 2.24) is 15.5 Å². The first-order valence-corrected chi connectivity index (χ1v) is 9.06. The standard InChI is InChI=1S/C21H30N4O2.HI/c1-22-21(23-15-17-9-5-7-11-19(17)26-4)24-16-18-10-6-8-12-20(18)27-14-13-25(2)3;/h5-12H,13-16H2,1-4H3,(H2,22,23,24);1H. The number of hydrogen-bond donors (Lipinski definition) is 2. The fraction of sp³-hybridized carbons (Fsp3) is 0.381. The molecule has 0 fully saturated rings. The van der Waals surface area contributed by atoms with Gasteiger partial charge in [0.1, 0.15) is 18.1 Å². The highest BCUT2D eigenvalue weighted by molar-refractivity contribution is 14.0. The van der Waals surface area contributed by atoms with Gasteiger partial charge in [0.2, 0.25) is 0 Å². The van der Waals surface area contributed by atoms with E-state index in [0.29, 0.717) is 19.7 Å². The van der Waals surface area contributed by atoms with Crippen LogP contribution in [0.4, 0.5) is 0 Å². The van der Waals surface area contributed by atoms with Crippen molar-refractivity contribution in [3.05, 3.63) is 59.7 Å². The molecule has 0 aliphatic carbocycles. The molecule has 0 unspecified atom stereocenters. The molecule has 0 aliphatic rings. The van der Waals surface area contributed by atoms with Crippen LogP contribution in [-0.4, -0.2) is 52.3 Å². The molecule has 0 saturated carbocycles. The first-order valence-electron chi connectivity index (χ1n) is 9.06. The Kier molecular flexibility index (Phi) is 11.4. The number of methoxy groups -OCH3 is 1. The normalized spacial score (nSPS) is 11.0. The third-order valence-corrected chi connectivity index (χ3v) is 4.08. The van der Waals surface area contributed by atoms with Gasteiger partial charge in [-0.15, -0.1) is 24.0 Å². The Morgan fingerprint density at radius 3 is 2.00 bits per heavy atom. The summed E-state index contributed by atoms with van der Waals surface area (Å²) in [7, 11) is 7.51. The van der Waals surface area contributed by atoms with E-state index in [1.165, 1.54) is 0 Å². The average molecular weight is 498 g/mol. The summed E-state index contributed by atoms with van der Waals surface area (Å²) in [5, 5.41) is 6.66. The van der Waals surface area contributed by atoms with E-state index in [0.717, 1.165) is 35.1 Å². The molecule has 0 heterocycles. The lowest BCUT2D eigenvalue weighted by molar-refractivity contribution is 0.259. The molecule has 0 amide bonds. The maximum atomic E-state index is 5.91. The summed E-state index contributed by atoms with van der Waals surface area (Å²) in [4.78, 5) is 6.40. The van der Waals surface area contributed by atoms with Gasteiger partial charge in [-0.3, -0.25) is 4.99 Å². The van der Waals surface area contributed by atoms with E-state index in [4.69, 9.17) is 9.47 Å². The van der Waals surface area contributed by atoms with E-state index in [9.17, 15) is 0 Å². The van der Waals surface area contributed by atoms with E-state index in [2.05, 4.69) is 26.6 Å². The second kappa shape index (κ2) is 13.2. The number of nitrogens with zero attached hydrogens (tertiary/aromatic N) is 2. The van der Waals surface area contributed by atoms with Crippen molar-refractivity contribution in [1.29, 1.82) is 0 Å². The molecule has 0 radical (unpaired) electrons. The van der Waals surface area contributed by atoms with Gasteiger partial charge in [0.15, 0.2) is 5.96 Å². The van der Waals surface area contributed by atoms with Crippen molar-refractivity contribution in [3.63, 3.8) is 0 Å². The van der Waals surface area contributed by atoms with E-state index in [1.54, 1.807) is 14.2 Å². The maximum absolute atomic E-state index is 5.91. The zero-order valence-electron chi connectivity index (χ0n) is 17.1. The second-order valence-corrected chi connectivity index (χ2v) is 6.35. The number of hydrogen-bond acceptors (Lipinski definition) is 4. The zero-order valence-corrected chi connectivity index (χ0v) is 19.4. The summed E-state index contributed by atoms with van der Waals surface area (Å²) >= 11 is 0. The van der Waals surface area contributed by atoms with Gasteiger partial charge in [-0.05, 0) is 26.2 Å². The molecule has 6 nitrogen and oxygen atoms in total. The SMILES string of the molecule is CN=C(NCc1ccccc1OC)NCc1ccccc1OCCN(C)C.I. The van der Waals surface area contributed by atoms with E-state index >= 15 is 0 Å². The van der Waals surface area contributed by atoms with Crippen LogP contribution < -0.4 is 20.1 Å². The Morgan fingerprint density at radius 2 is 1.46 bits per heavy atom. The van der Waals surface area contributed by atoms with Crippen LogP contribution in [0.15, 0.2) is 53.5 Å². The monoisotopic (exact) mass is 498 g/mol. The predicted octanol–water partition coefficient (Wildman–Crippen LogP) is 3.12. The molecule has 0 bridgehead atoms. The third-order valence-electron chi connectivity index (χ3n) is 4.08. The number of guanidine groups is 1. The van der Waals surface area contributed by atoms with Crippen molar-refractivity contribution in [2.45, 2.75) is 13.1 Å². The lowest BCUT2D eigenvalue weighted by Gasteiger charge is -2.16. The highest BCUT2D eigenvalue weighted by Crippen LogP contribution is 2.18. The lowest BCUT2D eigenvalue weighted by atomic mass is 10.2. The van der Waals surface area contributed by atoms with E-state index in [-0.39, 0.29) is 24.0 Å². The molecular weight excluding hydrogens is 467 g/mol. The highest BCUT2D eigenvalue weighted by Gasteiger charge is 2.06. The van der Waals surface area contributed by atoms with Crippen LogP contribution in [0, 0.1) is 0 Å². The molecular formula is C21H31IN4O2. The summed E-state index contributed by atoms with van der Waals surface area (Å²) in [6.45, 7) is 2.79. The number of para-hydroxylation sites is 2. The van der Waals surface area contributed by atoms with Gasteiger partial charge < -0.3 is 25.0 Å². The Bertz CT molecular complexity index is 738. The number of rotatable bonds is 9. The summed E-state index contributed by atoms with van der Waals surface area (Å²) in [6.07, 6.45) is 0. The molecule has 2 aromatic rings. The molecule has 0 saturated heterocycles. The molecule has 2 N–H and O–H groups in total. The molecule has 7 heteroatoms. The Balaban J connectivity index is 0.00000392. The van der Waals surface area contributed by atoms with Gasteiger partial charge in [-0.25, -0.2) is 0 Å². The largest absolute Gasteiger partial charge is 0.496 e. The second-order valence-electron chi connectivity index (χ2n) is 6.35. The van der Waals surface area contributed by atoms with Crippen LogP contribution in [0.3, 0.4) is 0 Å². The Labute approximate surface area is 185 Å². The van der Waals surface area contributed by atoms with Crippen LogP contribution in [0.5, 0.6) is 11.5 Å². The third kappa shape index (κ3) is 7.93. The smallest absolute Gasteiger partial charge is 0.191 e. The maximum Gasteiger partial charge on any atom is 0.191 e. The van der Waals surface area contributed by atoms with E-state index in [1.807, 2.05) is 56.6 Å². The highest BCUT2D eigenvalue weighted by atomic mass is 127. The van der Waals surface area contributed by atoms with Gasteiger partial charge in [0, 0.05) is 37.8 Å². The van der Waals surface area contributed by atoms with Crippen LogP contribution in [-0.2, 0) is 13.1 Å². The lowest BCUT2D eigenvalue weighted by Crippen LogP contribution is -2.36. The Morgan fingerprint density at radius 1 is 0.929 bits per heavy atom. The molecule has 28 heavy (non-hydrogen) atoms. The van der Waals surface area contributed by atoms with Gasteiger partial charge in [-0.2, -0.15) is 0 Å². The molecule has 2 aromatic carbocycles. The quantitative estimate of drug-likeness (QED) is 0.316. The van der Waals surface area contributed by atoms with Crippen molar-refractivity contribution < 1.29 is 9.47 Å². The van der Waals surface area contributed by atoms with Crippen molar-refractivity contribution in [2.75, 3.05) is 41.4 Å². The summed E-state index contributed by atoms with van der Waals surface area (Å²) in [6, 6.07) is 16.0. The number of nitrogens with one attached hydrogen (secondary N) is 2. The Hall–Kier alpha value is -2.00. The number of halogens is 1. The van der Waals surface area contributed by atoms with Gasteiger partial charge in [0.05, 0.1) is 7.11 Å². The number of likely N-dealkylation sites (N-methyl/N-ethyl adjacent to an activating group) is 1. The van der Waals surface area contributed by atoms with Crippen molar-refractivity contribution in [2.24, 2.45) is 4.99 Å². The number of ether oxygens (including phenoxy) is 2. The first kappa shape index (κ1) is 24.0. The minimum absolute atomic E-state index is 0. The molecule has 0 aromatic heterocycles. The molecule has 0 aliphatic heterocycles. The minimum atomic E-state index is 0. The zero-order chi connectivity index (χ0) is 19.5. The topological polar surface area (TPSA) is 58.1 Å². The predicted molar refractivity (Wildman–Crippen MR) is 126 cm³/mol. The summed E-state index contributed by atoms with van der Waals surface area (Å²) in [5.41, 5.74) is 2.17. The van der Waals surface area contributed by atoms with Gasteiger partial charge in [-0.1, -0.05) is 36.4 Å². The molecule has 0 spiro atoms. The molecule has 0 atom stereocenters. The van der Waals surface area contributed by atoms with Crippen LogP contribution in [0.2, 0.25) is 0 Å². The van der Waals surface area contributed by atoms with E-state index < -0.39 is 0 Å². The summed E-state index contributed by atoms with van der Waals surface area (Å²) < 4.78 is 11.3.